The fraction of sp³-hybridized carbons (Fsp3) is 0.750. The van der Waals surface area contributed by atoms with Crippen LogP contribution in [0.25, 0.3) is 0 Å². The van der Waals surface area contributed by atoms with Crippen LogP contribution in [0.3, 0.4) is 0 Å². The summed E-state index contributed by atoms with van der Waals surface area (Å²) in [7, 11) is 0. The van der Waals surface area contributed by atoms with E-state index in [0.29, 0.717) is 32.6 Å². The SMILES string of the molecule is CC1=C2CC34C5(CCCC5)CC(C)C2(CC1)C3(C)CC=C1C=CC23C=CC14N1CC12CCC3. The molecule has 0 radical (unpaired) electrons. The van der Waals surface area contributed by atoms with Gasteiger partial charge in [0.25, 0.3) is 0 Å². The molecule has 4 bridgehead atoms. The van der Waals surface area contributed by atoms with Crippen LogP contribution in [0.5, 0.6) is 0 Å². The van der Waals surface area contributed by atoms with Crippen molar-refractivity contribution in [2.75, 3.05) is 6.54 Å². The first-order valence-corrected chi connectivity index (χ1v) is 14.4. The van der Waals surface area contributed by atoms with Crippen LogP contribution >= 0.6 is 0 Å². The van der Waals surface area contributed by atoms with Crippen LogP contribution in [0.2, 0.25) is 0 Å². The number of hydrogen-bond donors (Lipinski definition) is 0. The van der Waals surface area contributed by atoms with E-state index in [1.54, 1.807) is 11.1 Å². The van der Waals surface area contributed by atoms with Gasteiger partial charge in [0.05, 0.1) is 5.54 Å². The number of allylic oxidation sites excluding steroid dienone is 3. The molecule has 3 aliphatic heterocycles. The molecule has 33 heavy (non-hydrogen) atoms. The fourth-order valence-corrected chi connectivity index (χ4v) is 13.7. The van der Waals surface area contributed by atoms with E-state index >= 15 is 0 Å². The molecule has 10 rings (SSSR count). The van der Waals surface area contributed by atoms with E-state index in [4.69, 9.17) is 0 Å². The Bertz CT molecular complexity index is 1140. The summed E-state index contributed by atoms with van der Waals surface area (Å²) in [6.07, 6.45) is 31.0. The molecule has 8 atom stereocenters. The van der Waals surface area contributed by atoms with Crippen molar-refractivity contribution in [1.82, 2.24) is 4.90 Å². The highest BCUT2D eigenvalue weighted by Crippen LogP contribution is 2.90. The Morgan fingerprint density at radius 3 is 2.67 bits per heavy atom. The zero-order chi connectivity index (χ0) is 22.1. The van der Waals surface area contributed by atoms with E-state index in [2.05, 4.69) is 56.1 Å². The van der Waals surface area contributed by atoms with Gasteiger partial charge in [-0.15, -0.1) is 0 Å². The summed E-state index contributed by atoms with van der Waals surface area (Å²) in [5.74, 6) is 0.845. The van der Waals surface area contributed by atoms with Gasteiger partial charge in [-0.05, 0) is 87.0 Å². The van der Waals surface area contributed by atoms with Crippen molar-refractivity contribution in [3.8, 4) is 0 Å². The Kier molecular flexibility index (Phi) is 2.94. The molecule has 8 unspecified atom stereocenters. The molecule has 1 heteroatoms. The van der Waals surface area contributed by atoms with E-state index < -0.39 is 0 Å². The van der Waals surface area contributed by atoms with Gasteiger partial charge in [-0.1, -0.05) is 74.6 Å². The molecule has 4 saturated carbocycles. The highest BCUT2D eigenvalue weighted by Gasteiger charge is 2.88. The maximum atomic E-state index is 3.15. The molecule has 0 N–H and O–H groups in total. The summed E-state index contributed by atoms with van der Waals surface area (Å²) in [6, 6.07) is 0. The van der Waals surface area contributed by atoms with Gasteiger partial charge in [-0.25, -0.2) is 0 Å². The van der Waals surface area contributed by atoms with E-state index in [1.165, 1.54) is 83.6 Å². The number of rotatable bonds is 0. The van der Waals surface area contributed by atoms with Crippen molar-refractivity contribution >= 4 is 0 Å². The van der Waals surface area contributed by atoms with Crippen LogP contribution in [0.1, 0.15) is 97.8 Å². The van der Waals surface area contributed by atoms with Crippen LogP contribution in [0, 0.1) is 33.0 Å². The Morgan fingerprint density at radius 2 is 1.82 bits per heavy atom. The molecule has 1 nitrogen and oxygen atoms in total. The molecule has 0 aromatic heterocycles. The monoisotopic (exact) mass is 439 g/mol. The third kappa shape index (κ3) is 1.46. The Labute approximate surface area is 200 Å². The van der Waals surface area contributed by atoms with Crippen molar-refractivity contribution in [3.63, 3.8) is 0 Å². The van der Waals surface area contributed by atoms with E-state index in [0.717, 1.165) is 5.92 Å². The van der Waals surface area contributed by atoms with Gasteiger partial charge in [0.1, 0.15) is 0 Å². The average Bonchev–Trinajstić information content (AvgIpc) is 3.00. The largest absolute Gasteiger partial charge is 0.280 e. The van der Waals surface area contributed by atoms with E-state index in [1.807, 2.05) is 5.57 Å². The lowest BCUT2D eigenvalue weighted by Gasteiger charge is -2.73. The summed E-state index contributed by atoms with van der Waals surface area (Å²) in [5, 5.41) is 0. The summed E-state index contributed by atoms with van der Waals surface area (Å²) < 4.78 is 0. The standard InChI is InChI=1S/C32H41N/c1-22-7-16-30-23(2)19-28(10-4-5-11-28)32(20-25(22)30)26(30,3)14-8-24-9-15-27-12-6-13-29(27)21-33(29)31(24,32)18-17-27/h8-9,15,17-18,23H,4-7,10-14,16,19-21H2,1-3H3. The predicted molar refractivity (Wildman–Crippen MR) is 134 cm³/mol. The number of nitrogens with zero attached hydrogens (tertiary/aromatic N) is 1. The third-order valence-electron chi connectivity index (χ3n) is 14.6. The summed E-state index contributed by atoms with van der Waals surface area (Å²) in [4.78, 5) is 3.15. The van der Waals surface area contributed by atoms with Crippen LogP contribution in [0.15, 0.2) is 47.1 Å². The smallest absolute Gasteiger partial charge is 0.0719 e. The minimum absolute atomic E-state index is 0.149. The van der Waals surface area contributed by atoms with Gasteiger partial charge < -0.3 is 0 Å². The molecule has 1 saturated heterocycles. The molecule has 0 aromatic carbocycles. The van der Waals surface area contributed by atoms with Gasteiger partial charge >= 0.3 is 0 Å². The summed E-state index contributed by atoms with van der Waals surface area (Å²) in [5.41, 5.74) is 8.14. The minimum Gasteiger partial charge on any atom is -0.280 e. The average molecular weight is 440 g/mol. The van der Waals surface area contributed by atoms with Crippen LogP contribution in [0.4, 0.5) is 0 Å². The molecule has 7 aliphatic carbocycles. The summed E-state index contributed by atoms with van der Waals surface area (Å²) in [6.45, 7) is 9.42. The van der Waals surface area contributed by atoms with E-state index in [-0.39, 0.29) is 5.54 Å². The van der Waals surface area contributed by atoms with E-state index in [9.17, 15) is 0 Å². The lowest BCUT2D eigenvalue weighted by molar-refractivity contribution is -0.217. The lowest BCUT2D eigenvalue weighted by atomic mass is 9.32. The van der Waals surface area contributed by atoms with Crippen molar-refractivity contribution in [2.24, 2.45) is 33.0 Å². The van der Waals surface area contributed by atoms with Crippen LogP contribution < -0.4 is 0 Å². The second kappa shape index (κ2) is 5.07. The summed E-state index contributed by atoms with van der Waals surface area (Å²) >= 11 is 0. The molecule has 3 heterocycles. The second-order valence-corrected chi connectivity index (χ2v) is 14.5. The Morgan fingerprint density at radius 1 is 0.970 bits per heavy atom. The highest BCUT2D eigenvalue weighted by atomic mass is 15.4. The van der Waals surface area contributed by atoms with Gasteiger partial charge in [0.2, 0.25) is 0 Å². The van der Waals surface area contributed by atoms with Crippen molar-refractivity contribution in [1.29, 1.82) is 0 Å². The minimum atomic E-state index is 0.149. The fourth-order valence-electron chi connectivity index (χ4n) is 13.7. The van der Waals surface area contributed by atoms with Crippen molar-refractivity contribution in [3.05, 3.63) is 47.1 Å². The Balaban J connectivity index is 1.43. The highest BCUT2D eigenvalue weighted by molar-refractivity contribution is 5.62. The zero-order valence-electron chi connectivity index (χ0n) is 21.1. The molecule has 174 valence electrons. The van der Waals surface area contributed by atoms with Gasteiger partial charge in [-0.3, -0.25) is 4.90 Å². The first-order chi connectivity index (χ1) is 15.9. The van der Waals surface area contributed by atoms with Gasteiger partial charge in [0.15, 0.2) is 0 Å². The van der Waals surface area contributed by atoms with Crippen molar-refractivity contribution < 1.29 is 0 Å². The van der Waals surface area contributed by atoms with Crippen LogP contribution in [-0.2, 0) is 0 Å². The van der Waals surface area contributed by atoms with Gasteiger partial charge in [0, 0.05) is 28.3 Å². The first-order valence-electron chi connectivity index (χ1n) is 14.4. The maximum Gasteiger partial charge on any atom is 0.0719 e. The normalized spacial score (nSPS) is 59.8. The topological polar surface area (TPSA) is 3.01 Å². The molecular weight excluding hydrogens is 398 g/mol. The zero-order valence-corrected chi connectivity index (χ0v) is 21.1. The van der Waals surface area contributed by atoms with Crippen LogP contribution in [-0.4, -0.2) is 22.5 Å². The Hall–Kier alpha value is -1.08. The molecule has 5 spiro atoms. The molecular formula is C32H41N. The predicted octanol–water partition coefficient (Wildman–Crippen LogP) is 7.51. The third-order valence-corrected chi connectivity index (χ3v) is 14.6. The lowest BCUT2D eigenvalue weighted by Crippen LogP contribution is -2.73. The maximum absolute atomic E-state index is 3.15. The molecule has 0 amide bonds. The van der Waals surface area contributed by atoms with Gasteiger partial charge in [-0.2, -0.15) is 0 Å². The quantitative estimate of drug-likeness (QED) is 0.279. The second-order valence-electron chi connectivity index (χ2n) is 14.5. The van der Waals surface area contributed by atoms with Crippen molar-refractivity contribution in [2.45, 2.75) is 109 Å². The molecule has 5 fully saturated rings. The molecule has 0 aromatic rings. The number of hydrogen-bond acceptors (Lipinski definition) is 1. The molecule has 10 aliphatic rings. The first kappa shape index (κ1) is 19.1.